The predicted molar refractivity (Wildman–Crippen MR) is 131 cm³/mol. The van der Waals surface area contributed by atoms with Gasteiger partial charge in [0.15, 0.2) is 0 Å². The highest BCUT2D eigenvalue weighted by Crippen LogP contribution is 2.40. The van der Waals surface area contributed by atoms with Crippen LogP contribution in [0, 0.1) is 19.8 Å². The molecule has 7 nitrogen and oxygen atoms in total. The Morgan fingerprint density at radius 1 is 1.21 bits per heavy atom. The highest BCUT2D eigenvalue weighted by molar-refractivity contribution is 7.92. The van der Waals surface area contributed by atoms with Crippen molar-refractivity contribution in [2.24, 2.45) is 5.92 Å². The number of carbonyl (C=O) groups excluding carboxylic acids is 1. The summed E-state index contributed by atoms with van der Waals surface area (Å²) in [6, 6.07) is 7.86. The number of aromatic nitrogens is 2. The summed E-state index contributed by atoms with van der Waals surface area (Å²) < 4.78 is 35.5. The first-order valence-electron chi connectivity index (χ1n) is 11.0. The number of ether oxygens (including phenoxy) is 1. The van der Waals surface area contributed by atoms with Gasteiger partial charge in [-0.15, -0.1) is 11.3 Å². The molecule has 0 radical (unpaired) electrons. The molecule has 9 heteroatoms. The van der Waals surface area contributed by atoms with E-state index in [1.54, 1.807) is 6.20 Å². The topological polar surface area (TPSA) is 90.3 Å². The Balaban J connectivity index is 1.98. The van der Waals surface area contributed by atoms with Crippen LogP contribution in [0.5, 0.6) is 0 Å². The standard InChI is InChI=1S/C24H31N3O4S2/c1-6-13-31-24(28)26-33(29,30)23-22(17(4)21(32-23)14-16(2)3)20-9-7-19(8-10-20)15-27-12-11-25-18(27)5/h7-12,16H,6,13-15H2,1-5H3,(H,26,28). The van der Waals surface area contributed by atoms with Crippen LogP contribution in [-0.2, 0) is 27.7 Å². The Hall–Kier alpha value is -2.65. The van der Waals surface area contributed by atoms with Crippen molar-refractivity contribution in [3.8, 4) is 11.1 Å². The van der Waals surface area contributed by atoms with Gasteiger partial charge in [0, 0.05) is 29.4 Å². The zero-order valence-corrected chi connectivity index (χ0v) is 21.3. The van der Waals surface area contributed by atoms with Crippen molar-refractivity contribution in [2.45, 2.75) is 58.2 Å². The average Bonchev–Trinajstić information content (AvgIpc) is 3.30. The van der Waals surface area contributed by atoms with Gasteiger partial charge < -0.3 is 9.30 Å². The van der Waals surface area contributed by atoms with Crippen molar-refractivity contribution in [3.63, 3.8) is 0 Å². The van der Waals surface area contributed by atoms with E-state index in [2.05, 4.69) is 23.6 Å². The second-order valence-corrected chi connectivity index (χ2v) is 11.4. The smallest absolute Gasteiger partial charge is 0.421 e. The summed E-state index contributed by atoms with van der Waals surface area (Å²) in [6.45, 7) is 10.8. The van der Waals surface area contributed by atoms with E-state index in [-0.39, 0.29) is 10.8 Å². The third kappa shape index (κ3) is 6.03. The van der Waals surface area contributed by atoms with Gasteiger partial charge in [-0.1, -0.05) is 45.0 Å². The number of rotatable bonds is 9. The zero-order valence-electron chi connectivity index (χ0n) is 19.7. The summed E-state index contributed by atoms with van der Waals surface area (Å²) in [4.78, 5) is 17.3. The van der Waals surface area contributed by atoms with E-state index in [0.29, 0.717) is 24.4 Å². The average molecular weight is 490 g/mol. The normalized spacial score (nSPS) is 11.7. The lowest BCUT2D eigenvalue weighted by atomic mass is 9.99. The molecule has 1 amide bonds. The number of carbonyl (C=O) groups is 1. The van der Waals surface area contributed by atoms with Crippen LogP contribution in [0.1, 0.15) is 49.0 Å². The van der Waals surface area contributed by atoms with E-state index < -0.39 is 16.1 Å². The summed E-state index contributed by atoms with van der Waals surface area (Å²) in [5, 5.41) is 0. The summed E-state index contributed by atoms with van der Waals surface area (Å²) in [5.74, 6) is 1.30. The molecule has 0 saturated heterocycles. The van der Waals surface area contributed by atoms with Gasteiger partial charge in [-0.3, -0.25) is 0 Å². The molecule has 1 N–H and O–H groups in total. The molecule has 0 saturated carbocycles. The van der Waals surface area contributed by atoms with Crippen molar-refractivity contribution in [1.29, 1.82) is 0 Å². The van der Waals surface area contributed by atoms with Crippen molar-refractivity contribution >= 4 is 27.5 Å². The fraction of sp³-hybridized carbons (Fsp3) is 0.417. The molecule has 0 aliphatic rings. The predicted octanol–water partition coefficient (Wildman–Crippen LogP) is 5.30. The molecule has 33 heavy (non-hydrogen) atoms. The Labute approximate surface area is 199 Å². The van der Waals surface area contributed by atoms with E-state index in [1.807, 2.05) is 55.8 Å². The molecule has 178 valence electrons. The number of aryl methyl sites for hydroxylation is 1. The molecule has 0 bridgehead atoms. The molecule has 1 aromatic carbocycles. The number of imidazole rings is 1. The summed E-state index contributed by atoms with van der Waals surface area (Å²) >= 11 is 1.22. The van der Waals surface area contributed by atoms with Crippen LogP contribution in [0.4, 0.5) is 4.79 Å². The Kier molecular flexibility index (Phi) is 7.97. The maximum absolute atomic E-state index is 13.2. The first kappa shape index (κ1) is 25.0. The first-order chi connectivity index (χ1) is 15.6. The summed E-state index contributed by atoms with van der Waals surface area (Å²) in [6.07, 6.45) is 4.12. The number of sulfonamides is 1. The van der Waals surface area contributed by atoms with E-state index in [4.69, 9.17) is 4.74 Å². The zero-order chi connectivity index (χ0) is 24.2. The minimum atomic E-state index is -4.08. The van der Waals surface area contributed by atoms with Gasteiger partial charge >= 0.3 is 6.09 Å². The highest BCUT2D eigenvalue weighted by atomic mass is 32.2. The van der Waals surface area contributed by atoms with Crippen LogP contribution in [0.25, 0.3) is 11.1 Å². The lowest BCUT2D eigenvalue weighted by Gasteiger charge is -2.11. The number of nitrogens with one attached hydrogen (secondary N) is 1. The molecular weight excluding hydrogens is 458 g/mol. The van der Waals surface area contributed by atoms with Crippen LogP contribution >= 0.6 is 11.3 Å². The highest BCUT2D eigenvalue weighted by Gasteiger charge is 2.28. The molecule has 0 atom stereocenters. The molecular formula is C24H31N3O4S2. The number of hydrogen-bond donors (Lipinski definition) is 1. The van der Waals surface area contributed by atoms with Gasteiger partial charge in [0.1, 0.15) is 10.0 Å². The minimum absolute atomic E-state index is 0.141. The van der Waals surface area contributed by atoms with E-state index in [9.17, 15) is 13.2 Å². The number of nitrogens with zero attached hydrogens (tertiary/aromatic N) is 2. The summed E-state index contributed by atoms with van der Waals surface area (Å²) in [5.41, 5.74) is 3.44. The molecule has 0 aliphatic heterocycles. The lowest BCUT2D eigenvalue weighted by molar-refractivity contribution is 0.152. The SMILES string of the molecule is CCCOC(=O)NS(=O)(=O)c1sc(CC(C)C)c(C)c1-c1ccc(Cn2ccnc2C)cc1. The van der Waals surface area contributed by atoms with Crippen molar-refractivity contribution < 1.29 is 17.9 Å². The Morgan fingerprint density at radius 3 is 2.48 bits per heavy atom. The molecule has 0 spiro atoms. The van der Waals surface area contributed by atoms with Gasteiger partial charge in [-0.05, 0) is 49.3 Å². The Morgan fingerprint density at radius 2 is 1.91 bits per heavy atom. The number of amides is 1. The van der Waals surface area contributed by atoms with Crippen LogP contribution in [0.3, 0.4) is 0 Å². The minimum Gasteiger partial charge on any atom is -0.449 e. The van der Waals surface area contributed by atoms with Crippen molar-refractivity contribution in [2.75, 3.05) is 6.61 Å². The fourth-order valence-electron chi connectivity index (χ4n) is 3.55. The van der Waals surface area contributed by atoms with E-state index in [1.165, 1.54) is 11.3 Å². The molecule has 0 fully saturated rings. The second-order valence-electron chi connectivity index (χ2n) is 8.45. The number of hydrogen-bond acceptors (Lipinski definition) is 6. The Bertz CT molecular complexity index is 1210. The molecule has 0 aliphatic carbocycles. The molecule has 3 rings (SSSR count). The van der Waals surface area contributed by atoms with Crippen molar-refractivity contribution in [3.05, 3.63) is 58.5 Å². The largest absolute Gasteiger partial charge is 0.449 e. The van der Waals surface area contributed by atoms with Gasteiger partial charge in [-0.25, -0.2) is 22.9 Å². The fourth-order valence-corrected chi connectivity index (χ4v) is 6.59. The van der Waals surface area contributed by atoms with Gasteiger partial charge in [0.2, 0.25) is 0 Å². The van der Waals surface area contributed by atoms with Crippen LogP contribution in [0.2, 0.25) is 0 Å². The quantitative estimate of drug-likeness (QED) is 0.440. The molecule has 2 heterocycles. The molecule has 2 aromatic heterocycles. The number of benzene rings is 1. The van der Waals surface area contributed by atoms with Gasteiger partial charge in [-0.2, -0.15) is 0 Å². The second kappa shape index (κ2) is 10.5. The first-order valence-corrected chi connectivity index (χ1v) is 13.3. The summed E-state index contributed by atoms with van der Waals surface area (Å²) in [7, 11) is -4.08. The number of thiophene rings is 1. The third-order valence-corrected chi connectivity index (χ3v) is 8.37. The van der Waals surface area contributed by atoms with E-state index >= 15 is 0 Å². The molecule has 0 unspecified atom stereocenters. The van der Waals surface area contributed by atoms with E-state index in [0.717, 1.165) is 33.8 Å². The van der Waals surface area contributed by atoms with Gasteiger partial charge in [0.05, 0.1) is 6.61 Å². The van der Waals surface area contributed by atoms with Crippen molar-refractivity contribution in [1.82, 2.24) is 14.3 Å². The monoisotopic (exact) mass is 489 g/mol. The van der Waals surface area contributed by atoms with Crippen LogP contribution in [-0.4, -0.2) is 30.7 Å². The lowest BCUT2D eigenvalue weighted by Crippen LogP contribution is -2.31. The molecule has 3 aromatic rings. The van der Waals surface area contributed by atoms with Crippen LogP contribution < -0.4 is 4.72 Å². The third-order valence-electron chi connectivity index (χ3n) is 5.23. The maximum Gasteiger partial charge on any atom is 0.421 e. The van der Waals surface area contributed by atoms with Crippen LogP contribution in [0.15, 0.2) is 40.9 Å². The maximum atomic E-state index is 13.2. The van der Waals surface area contributed by atoms with Gasteiger partial charge in [0.25, 0.3) is 10.0 Å².